The zero-order valence-electron chi connectivity index (χ0n) is 14.5. The summed E-state index contributed by atoms with van der Waals surface area (Å²) >= 11 is 0. The van der Waals surface area contributed by atoms with E-state index in [0.717, 1.165) is 16.8 Å². The molecule has 3 heterocycles. The fraction of sp³-hybridized carbons (Fsp3) is 0.150. The Morgan fingerprint density at radius 1 is 1.15 bits per heavy atom. The molecular weight excluding hydrogens is 330 g/mol. The number of benzene rings is 1. The number of hydrogen-bond acceptors (Lipinski definition) is 5. The molecule has 1 aromatic carbocycles. The van der Waals surface area contributed by atoms with Crippen molar-refractivity contribution in [2.24, 2.45) is 0 Å². The predicted octanol–water partition coefficient (Wildman–Crippen LogP) is 3.96. The Morgan fingerprint density at radius 2 is 1.96 bits per heavy atom. The summed E-state index contributed by atoms with van der Waals surface area (Å²) in [5, 5.41) is 4.01. The number of nitrogens with zero attached hydrogens (tertiary/aromatic N) is 3. The highest BCUT2D eigenvalue weighted by molar-refractivity contribution is 5.97. The largest absolute Gasteiger partial charge is 0.455 e. The lowest BCUT2D eigenvalue weighted by Crippen LogP contribution is -2.07. The molecule has 0 aliphatic heterocycles. The molecule has 6 nitrogen and oxygen atoms in total. The fourth-order valence-electron chi connectivity index (χ4n) is 2.89. The van der Waals surface area contributed by atoms with Gasteiger partial charge >= 0.3 is 5.97 Å². The molecule has 4 rings (SSSR count). The highest BCUT2D eigenvalue weighted by Crippen LogP contribution is 2.26. The average Bonchev–Trinajstić information content (AvgIpc) is 3.25. The van der Waals surface area contributed by atoms with E-state index in [4.69, 9.17) is 9.26 Å². The predicted molar refractivity (Wildman–Crippen MR) is 95.7 cm³/mol. The number of pyridine rings is 1. The average molecular weight is 347 g/mol. The van der Waals surface area contributed by atoms with E-state index in [2.05, 4.69) is 10.1 Å². The van der Waals surface area contributed by atoms with E-state index in [1.807, 2.05) is 66.2 Å². The van der Waals surface area contributed by atoms with Gasteiger partial charge in [-0.05, 0) is 25.5 Å². The summed E-state index contributed by atoms with van der Waals surface area (Å²) in [4.78, 5) is 17.1. The first-order valence-electron chi connectivity index (χ1n) is 8.25. The van der Waals surface area contributed by atoms with Crippen LogP contribution in [0, 0.1) is 13.8 Å². The molecule has 0 unspecified atom stereocenters. The first-order valence-corrected chi connectivity index (χ1v) is 8.25. The van der Waals surface area contributed by atoms with Crippen molar-refractivity contribution in [2.75, 3.05) is 0 Å². The van der Waals surface area contributed by atoms with E-state index in [9.17, 15) is 4.79 Å². The number of fused-ring (bicyclic) bond motifs is 1. The Balaban J connectivity index is 1.57. The molecule has 0 bridgehead atoms. The molecule has 0 amide bonds. The quantitative estimate of drug-likeness (QED) is 0.523. The van der Waals surface area contributed by atoms with Crippen molar-refractivity contribution < 1.29 is 14.1 Å². The van der Waals surface area contributed by atoms with Gasteiger partial charge in [-0.1, -0.05) is 41.6 Å². The number of esters is 1. The molecule has 0 radical (unpaired) electrons. The minimum Gasteiger partial charge on any atom is -0.455 e. The van der Waals surface area contributed by atoms with Crippen molar-refractivity contribution in [3.8, 4) is 11.3 Å². The van der Waals surface area contributed by atoms with E-state index in [0.29, 0.717) is 22.7 Å². The van der Waals surface area contributed by atoms with Crippen molar-refractivity contribution >= 4 is 11.6 Å². The molecule has 0 atom stereocenters. The van der Waals surface area contributed by atoms with Crippen LogP contribution in [0.4, 0.5) is 0 Å². The lowest BCUT2D eigenvalue weighted by Gasteiger charge is -2.03. The van der Waals surface area contributed by atoms with E-state index < -0.39 is 5.97 Å². The molecule has 26 heavy (non-hydrogen) atoms. The van der Waals surface area contributed by atoms with Crippen molar-refractivity contribution in [1.82, 2.24) is 14.5 Å². The van der Waals surface area contributed by atoms with Crippen molar-refractivity contribution in [3.63, 3.8) is 0 Å². The zero-order valence-corrected chi connectivity index (χ0v) is 14.5. The molecule has 3 aromatic heterocycles. The summed E-state index contributed by atoms with van der Waals surface area (Å²) in [5.74, 6) is -0.0453. The van der Waals surface area contributed by atoms with Crippen LogP contribution in [-0.4, -0.2) is 20.5 Å². The van der Waals surface area contributed by atoms with Crippen LogP contribution in [0.15, 0.2) is 59.4 Å². The summed E-state index contributed by atoms with van der Waals surface area (Å²) in [5.41, 5.74) is 4.23. The topological polar surface area (TPSA) is 69.6 Å². The number of carbonyl (C=O) groups excluding carboxylic acids is 1. The number of ether oxygens (including phenoxy) is 1. The lowest BCUT2D eigenvalue weighted by molar-refractivity contribution is 0.0467. The van der Waals surface area contributed by atoms with E-state index in [-0.39, 0.29) is 6.61 Å². The van der Waals surface area contributed by atoms with E-state index in [1.165, 1.54) is 0 Å². The van der Waals surface area contributed by atoms with Crippen LogP contribution < -0.4 is 0 Å². The molecule has 130 valence electrons. The Bertz CT molecular complexity index is 1080. The van der Waals surface area contributed by atoms with Gasteiger partial charge in [0, 0.05) is 18.0 Å². The smallest absolute Gasteiger partial charge is 0.344 e. The maximum absolute atomic E-state index is 12.6. The number of aromatic nitrogens is 3. The van der Waals surface area contributed by atoms with Crippen LogP contribution in [-0.2, 0) is 11.3 Å². The maximum Gasteiger partial charge on any atom is 0.344 e. The highest BCUT2D eigenvalue weighted by atomic mass is 16.5. The third-order valence-corrected chi connectivity index (χ3v) is 4.19. The Morgan fingerprint density at radius 3 is 2.73 bits per heavy atom. The molecule has 0 aliphatic carbocycles. The fourth-order valence-corrected chi connectivity index (χ4v) is 2.89. The van der Waals surface area contributed by atoms with Crippen LogP contribution in [0.25, 0.3) is 16.9 Å². The van der Waals surface area contributed by atoms with Crippen molar-refractivity contribution in [2.45, 2.75) is 20.5 Å². The zero-order chi connectivity index (χ0) is 18.1. The maximum atomic E-state index is 12.6. The molecule has 0 spiro atoms. The molecule has 0 fully saturated rings. The molecule has 6 heteroatoms. The van der Waals surface area contributed by atoms with Crippen molar-refractivity contribution in [3.05, 3.63) is 77.4 Å². The molecule has 0 saturated carbocycles. The normalized spacial score (nSPS) is 11.0. The lowest BCUT2D eigenvalue weighted by atomic mass is 10.1. The number of aryl methyl sites for hydroxylation is 2. The first-order chi connectivity index (χ1) is 12.6. The highest BCUT2D eigenvalue weighted by Gasteiger charge is 2.23. The Kier molecular flexibility index (Phi) is 4.01. The Hall–Kier alpha value is -3.41. The van der Waals surface area contributed by atoms with E-state index >= 15 is 0 Å². The minimum atomic E-state index is -0.476. The molecule has 0 saturated heterocycles. The third-order valence-electron chi connectivity index (χ3n) is 4.19. The van der Waals surface area contributed by atoms with Gasteiger partial charge in [-0.25, -0.2) is 9.78 Å². The van der Waals surface area contributed by atoms with Gasteiger partial charge in [-0.15, -0.1) is 0 Å². The molecule has 4 aromatic rings. The SMILES string of the molecule is Cc1onc(-c2ccccc2)c1C(=O)OCc1cn2cccc(C)c2n1. The minimum absolute atomic E-state index is 0.0821. The summed E-state index contributed by atoms with van der Waals surface area (Å²) in [6.07, 6.45) is 3.77. The summed E-state index contributed by atoms with van der Waals surface area (Å²) in [6.45, 7) is 3.77. The van der Waals surface area contributed by atoms with Gasteiger partial charge in [0.2, 0.25) is 0 Å². The third kappa shape index (κ3) is 2.86. The second-order valence-corrected chi connectivity index (χ2v) is 6.06. The van der Waals surface area contributed by atoms with Crippen LogP contribution in [0.1, 0.15) is 27.4 Å². The van der Waals surface area contributed by atoms with Gasteiger partial charge in [0.15, 0.2) is 0 Å². The van der Waals surface area contributed by atoms with Gasteiger partial charge < -0.3 is 13.7 Å². The van der Waals surface area contributed by atoms with Crippen LogP contribution in [0.2, 0.25) is 0 Å². The summed E-state index contributed by atoms with van der Waals surface area (Å²) in [7, 11) is 0. The van der Waals surface area contributed by atoms with Gasteiger partial charge in [0.25, 0.3) is 0 Å². The summed E-state index contributed by atoms with van der Waals surface area (Å²) < 4.78 is 12.6. The van der Waals surface area contributed by atoms with E-state index in [1.54, 1.807) is 6.92 Å². The van der Waals surface area contributed by atoms with Crippen LogP contribution >= 0.6 is 0 Å². The molecular formula is C20H17N3O3. The van der Waals surface area contributed by atoms with Crippen LogP contribution in [0.5, 0.6) is 0 Å². The van der Waals surface area contributed by atoms with Gasteiger partial charge in [-0.3, -0.25) is 0 Å². The van der Waals surface area contributed by atoms with Crippen molar-refractivity contribution in [1.29, 1.82) is 0 Å². The number of hydrogen-bond donors (Lipinski definition) is 0. The standard InChI is InChI=1S/C20H17N3O3/c1-13-7-6-10-23-11-16(21-19(13)23)12-25-20(24)17-14(2)26-22-18(17)15-8-4-3-5-9-15/h3-11H,12H2,1-2H3. The van der Waals surface area contributed by atoms with Gasteiger partial charge in [0.05, 0.1) is 5.69 Å². The number of carbonyl (C=O) groups is 1. The summed E-state index contributed by atoms with van der Waals surface area (Å²) in [6, 6.07) is 13.4. The van der Waals surface area contributed by atoms with Gasteiger partial charge in [-0.2, -0.15) is 0 Å². The second-order valence-electron chi connectivity index (χ2n) is 6.06. The number of imidazole rings is 1. The monoisotopic (exact) mass is 347 g/mol. The number of rotatable bonds is 4. The van der Waals surface area contributed by atoms with Gasteiger partial charge in [0.1, 0.15) is 29.3 Å². The second kappa shape index (κ2) is 6.48. The molecule has 0 N–H and O–H groups in total. The first kappa shape index (κ1) is 16.1. The van der Waals surface area contributed by atoms with Crippen LogP contribution in [0.3, 0.4) is 0 Å². The molecule has 0 aliphatic rings. The Labute approximate surface area is 150 Å².